The molecule has 0 aromatic heterocycles. The number of nitrogens with zero attached hydrogens (tertiary/aromatic N) is 1. The second-order valence-corrected chi connectivity index (χ2v) is 7.37. The SMILES string of the molecule is CO[C@H]1CN(C(=O)OC(C)(C)C)CC1NCC1CCNCC1. The molecule has 0 radical (unpaired) electrons. The highest BCUT2D eigenvalue weighted by atomic mass is 16.6. The Balaban J connectivity index is 1.82. The fourth-order valence-corrected chi connectivity index (χ4v) is 3.09. The highest BCUT2D eigenvalue weighted by Gasteiger charge is 2.37. The molecule has 2 rings (SSSR count). The van der Waals surface area contributed by atoms with Gasteiger partial charge in [-0.15, -0.1) is 0 Å². The number of methoxy groups -OCH3 is 1. The molecule has 0 aromatic rings. The van der Waals surface area contributed by atoms with Crippen LogP contribution in [-0.4, -0.2) is 68.6 Å². The van der Waals surface area contributed by atoms with Crippen molar-refractivity contribution in [2.24, 2.45) is 5.92 Å². The predicted molar refractivity (Wildman–Crippen MR) is 86.0 cm³/mol. The van der Waals surface area contributed by atoms with E-state index in [0.29, 0.717) is 19.0 Å². The number of rotatable bonds is 4. The molecule has 2 saturated heterocycles. The van der Waals surface area contributed by atoms with E-state index in [1.54, 1.807) is 12.0 Å². The molecule has 2 heterocycles. The molecular weight excluding hydrogens is 282 g/mol. The summed E-state index contributed by atoms with van der Waals surface area (Å²) in [4.78, 5) is 13.9. The van der Waals surface area contributed by atoms with Crippen molar-refractivity contribution in [3.8, 4) is 0 Å². The van der Waals surface area contributed by atoms with Crippen LogP contribution in [0.5, 0.6) is 0 Å². The topological polar surface area (TPSA) is 62.8 Å². The highest BCUT2D eigenvalue weighted by molar-refractivity contribution is 5.68. The Bertz CT molecular complexity index is 364. The van der Waals surface area contributed by atoms with Gasteiger partial charge in [0.15, 0.2) is 0 Å². The van der Waals surface area contributed by atoms with Gasteiger partial charge in [0.2, 0.25) is 0 Å². The Morgan fingerprint density at radius 3 is 2.55 bits per heavy atom. The molecule has 1 unspecified atom stereocenters. The van der Waals surface area contributed by atoms with Crippen molar-refractivity contribution in [3.63, 3.8) is 0 Å². The maximum Gasteiger partial charge on any atom is 0.410 e. The van der Waals surface area contributed by atoms with Crippen LogP contribution in [0.3, 0.4) is 0 Å². The van der Waals surface area contributed by atoms with E-state index in [1.807, 2.05) is 20.8 Å². The minimum atomic E-state index is -0.458. The molecule has 2 aliphatic heterocycles. The van der Waals surface area contributed by atoms with Gasteiger partial charge < -0.3 is 25.0 Å². The number of carbonyl (C=O) groups excluding carboxylic acids is 1. The standard InChI is InChI=1S/C16H31N3O3/c1-16(2,3)22-15(20)19-10-13(14(11-19)21-4)18-9-12-5-7-17-8-6-12/h12-14,17-18H,5-11H2,1-4H3/t13?,14-/m0/s1. The van der Waals surface area contributed by atoms with Gasteiger partial charge in [-0.25, -0.2) is 4.79 Å². The number of amides is 1. The lowest BCUT2D eigenvalue weighted by atomic mass is 9.98. The molecule has 2 N–H and O–H groups in total. The summed E-state index contributed by atoms with van der Waals surface area (Å²) < 4.78 is 11.0. The molecule has 22 heavy (non-hydrogen) atoms. The fraction of sp³-hybridized carbons (Fsp3) is 0.938. The van der Waals surface area contributed by atoms with Gasteiger partial charge in [-0.1, -0.05) is 0 Å². The number of ether oxygens (including phenoxy) is 2. The van der Waals surface area contributed by atoms with Crippen LogP contribution >= 0.6 is 0 Å². The number of hydrogen-bond donors (Lipinski definition) is 2. The molecule has 0 spiro atoms. The van der Waals surface area contributed by atoms with Crippen molar-refractivity contribution in [2.75, 3.05) is 39.8 Å². The molecule has 1 amide bonds. The van der Waals surface area contributed by atoms with E-state index >= 15 is 0 Å². The molecule has 0 aromatic carbocycles. The van der Waals surface area contributed by atoms with Crippen LogP contribution in [-0.2, 0) is 9.47 Å². The van der Waals surface area contributed by atoms with E-state index < -0.39 is 5.60 Å². The van der Waals surface area contributed by atoms with Gasteiger partial charge in [0, 0.05) is 13.7 Å². The molecular formula is C16H31N3O3. The van der Waals surface area contributed by atoms with Crippen LogP contribution in [0.25, 0.3) is 0 Å². The van der Waals surface area contributed by atoms with Gasteiger partial charge in [-0.2, -0.15) is 0 Å². The predicted octanol–water partition coefficient (Wildman–Crippen LogP) is 1.21. The summed E-state index contributed by atoms with van der Waals surface area (Å²) in [6.45, 7) is 10.1. The van der Waals surface area contributed by atoms with Crippen molar-refractivity contribution in [3.05, 3.63) is 0 Å². The van der Waals surface area contributed by atoms with Crippen LogP contribution < -0.4 is 10.6 Å². The maximum absolute atomic E-state index is 12.2. The second-order valence-electron chi connectivity index (χ2n) is 7.37. The Hall–Kier alpha value is -0.850. The number of piperidine rings is 1. The molecule has 6 heteroatoms. The van der Waals surface area contributed by atoms with Crippen molar-refractivity contribution in [1.82, 2.24) is 15.5 Å². The Morgan fingerprint density at radius 2 is 1.95 bits per heavy atom. The van der Waals surface area contributed by atoms with E-state index in [4.69, 9.17) is 9.47 Å². The summed E-state index contributed by atoms with van der Waals surface area (Å²) in [5, 5.41) is 6.98. The third-order valence-corrected chi connectivity index (χ3v) is 4.35. The number of nitrogens with one attached hydrogen (secondary N) is 2. The summed E-state index contributed by atoms with van der Waals surface area (Å²) >= 11 is 0. The third-order valence-electron chi connectivity index (χ3n) is 4.35. The largest absolute Gasteiger partial charge is 0.444 e. The summed E-state index contributed by atoms with van der Waals surface area (Å²) in [6, 6.07) is 0.187. The average molecular weight is 313 g/mol. The van der Waals surface area contributed by atoms with Gasteiger partial charge in [-0.05, 0) is 59.2 Å². The average Bonchev–Trinajstić information content (AvgIpc) is 2.88. The first-order valence-corrected chi connectivity index (χ1v) is 8.34. The smallest absolute Gasteiger partial charge is 0.410 e. The molecule has 0 bridgehead atoms. The van der Waals surface area contributed by atoms with Crippen LogP contribution in [0, 0.1) is 5.92 Å². The lowest BCUT2D eigenvalue weighted by Gasteiger charge is -2.26. The highest BCUT2D eigenvalue weighted by Crippen LogP contribution is 2.18. The zero-order valence-electron chi connectivity index (χ0n) is 14.4. The van der Waals surface area contributed by atoms with Crippen LogP contribution in [0.1, 0.15) is 33.6 Å². The normalized spacial score (nSPS) is 27.2. The third kappa shape index (κ3) is 5.11. The summed E-state index contributed by atoms with van der Waals surface area (Å²) in [5.41, 5.74) is -0.458. The number of hydrogen-bond acceptors (Lipinski definition) is 5. The second kappa shape index (κ2) is 7.62. The van der Waals surface area contributed by atoms with E-state index in [-0.39, 0.29) is 18.2 Å². The summed E-state index contributed by atoms with van der Waals surface area (Å²) in [5.74, 6) is 0.717. The molecule has 2 atom stereocenters. The zero-order valence-corrected chi connectivity index (χ0v) is 14.4. The lowest BCUT2D eigenvalue weighted by molar-refractivity contribution is 0.0252. The van der Waals surface area contributed by atoms with Gasteiger partial charge in [0.05, 0.1) is 18.7 Å². The maximum atomic E-state index is 12.2. The van der Waals surface area contributed by atoms with Crippen molar-refractivity contribution in [2.45, 2.75) is 51.4 Å². The van der Waals surface area contributed by atoms with Crippen molar-refractivity contribution < 1.29 is 14.3 Å². The summed E-state index contributed by atoms with van der Waals surface area (Å²) in [7, 11) is 1.71. The van der Waals surface area contributed by atoms with Gasteiger partial charge >= 0.3 is 6.09 Å². The quantitative estimate of drug-likeness (QED) is 0.817. The molecule has 2 aliphatic rings. The Labute approximate surface area is 133 Å². The van der Waals surface area contributed by atoms with Crippen LogP contribution in [0.4, 0.5) is 4.79 Å². The minimum absolute atomic E-state index is 0.0363. The van der Waals surface area contributed by atoms with E-state index in [1.165, 1.54) is 12.8 Å². The monoisotopic (exact) mass is 313 g/mol. The molecule has 6 nitrogen and oxygen atoms in total. The fourth-order valence-electron chi connectivity index (χ4n) is 3.09. The zero-order chi connectivity index (χ0) is 16.2. The molecule has 0 saturated carbocycles. The Morgan fingerprint density at radius 1 is 1.27 bits per heavy atom. The van der Waals surface area contributed by atoms with E-state index in [9.17, 15) is 4.79 Å². The first kappa shape index (κ1) is 17.5. The molecule has 2 fully saturated rings. The van der Waals surface area contributed by atoms with Gasteiger partial charge in [-0.3, -0.25) is 0 Å². The number of carbonyl (C=O) groups is 1. The molecule has 0 aliphatic carbocycles. The van der Waals surface area contributed by atoms with Crippen LogP contribution in [0.2, 0.25) is 0 Å². The van der Waals surface area contributed by atoms with Crippen molar-refractivity contribution >= 4 is 6.09 Å². The van der Waals surface area contributed by atoms with E-state index in [0.717, 1.165) is 19.6 Å². The van der Waals surface area contributed by atoms with Crippen molar-refractivity contribution in [1.29, 1.82) is 0 Å². The first-order chi connectivity index (χ1) is 10.4. The van der Waals surface area contributed by atoms with Gasteiger partial charge in [0.1, 0.15) is 5.60 Å². The Kier molecular flexibility index (Phi) is 6.06. The molecule has 128 valence electrons. The van der Waals surface area contributed by atoms with E-state index in [2.05, 4.69) is 10.6 Å². The summed E-state index contributed by atoms with van der Waals surface area (Å²) in [6.07, 6.45) is 2.22. The van der Waals surface area contributed by atoms with Crippen LogP contribution in [0.15, 0.2) is 0 Å². The minimum Gasteiger partial charge on any atom is -0.444 e. The lowest BCUT2D eigenvalue weighted by Crippen LogP contribution is -2.44. The number of likely N-dealkylation sites (tertiary alicyclic amines) is 1. The van der Waals surface area contributed by atoms with Gasteiger partial charge in [0.25, 0.3) is 0 Å². The first-order valence-electron chi connectivity index (χ1n) is 8.34.